The highest BCUT2D eigenvalue weighted by Crippen LogP contribution is 2.44. The van der Waals surface area contributed by atoms with Gasteiger partial charge in [0.05, 0.1) is 46.4 Å². The van der Waals surface area contributed by atoms with Crippen LogP contribution in [0.2, 0.25) is 0 Å². The summed E-state index contributed by atoms with van der Waals surface area (Å²) in [6.07, 6.45) is 1.69. The first-order valence-electron chi connectivity index (χ1n) is 10.6. The highest BCUT2D eigenvalue weighted by atomic mass is 16.5. The minimum Gasteiger partial charge on any atom is -0.495 e. The van der Waals surface area contributed by atoms with Crippen LogP contribution in [-0.2, 0) is 9.59 Å². The normalized spacial score (nSPS) is 11.5. The second-order valence-corrected chi connectivity index (χ2v) is 7.50. The number of hydrogen-bond donors (Lipinski definition) is 3. The van der Waals surface area contributed by atoms with Crippen molar-refractivity contribution in [1.82, 2.24) is 5.16 Å². The predicted molar refractivity (Wildman–Crippen MR) is 129 cm³/mol. The molecule has 2 amide bonds. The Morgan fingerprint density at radius 1 is 0.971 bits per heavy atom. The monoisotopic (exact) mass is 484 g/mol. The van der Waals surface area contributed by atoms with Gasteiger partial charge in [-0.2, -0.15) is 0 Å². The lowest BCUT2D eigenvalue weighted by Gasteiger charge is -2.15. The SMILES string of the molecule is COc1ccc(-c2cnoc2-c2cc(OC)c(OC)c(OC)c2)cc1NC(=O)C(N)CCC(N)=O. The van der Waals surface area contributed by atoms with E-state index >= 15 is 0 Å². The molecule has 1 heterocycles. The van der Waals surface area contributed by atoms with Crippen LogP contribution in [-0.4, -0.2) is 51.5 Å². The van der Waals surface area contributed by atoms with Gasteiger partial charge in [-0.15, -0.1) is 0 Å². The van der Waals surface area contributed by atoms with E-state index in [1.807, 2.05) is 0 Å². The van der Waals surface area contributed by atoms with Gasteiger partial charge in [0, 0.05) is 17.5 Å². The van der Waals surface area contributed by atoms with Gasteiger partial charge in [0.2, 0.25) is 17.6 Å². The number of primary amides is 1. The number of nitrogens with two attached hydrogens (primary N) is 2. The molecule has 35 heavy (non-hydrogen) atoms. The molecule has 1 atom stereocenters. The van der Waals surface area contributed by atoms with Gasteiger partial charge in [-0.05, 0) is 36.2 Å². The van der Waals surface area contributed by atoms with E-state index in [0.29, 0.717) is 51.1 Å². The Morgan fingerprint density at radius 2 is 1.63 bits per heavy atom. The van der Waals surface area contributed by atoms with Crippen molar-refractivity contribution in [3.05, 3.63) is 36.5 Å². The molecule has 0 bridgehead atoms. The van der Waals surface area contributed by atoms with Crippen molar-refractivity contribution in [2.24, 2.45) is 11.5 Å². The highest BCUT2D eigenvalue weighted by molar-refractivity contribution is 5.97. The third-order valence-corrected chi connectivity index (χ3v) is 5.30. The van der Waals surface area contributed by atoms with E-state index in [1.165, 1.54) is 28.4 Å². The third kappa shape index (κ3) is 5.64. The van der Waals surface area contributed by atoms with E-state index in [-0.39, 0.29) is 12.8 Å². The van der Waals surface area contributed by atoms with Gasteiger partial charge in [-0.1, -0.05) is 11.2 Å². The first-order valence-corrected chi connectivity index (χ1v) is 10.6. The van der Waals surface area contributed by atoms with E-state index in [4.69, 9.17) is 34.9 Å². The number of benzene rings is 2. The maximum Gasteiger partial charge on any atom is 0.241 e. The Balaban J connectivity index is 1.98. The van der Waals surface area contributed by atoms with Gasteiger partial charge in [0.1, 0.15) is 5.75 Å². The summed E-state index contributed by atoms with van der Waals surface area (Å²) >= 11 is 0. The summed E-state index contributed by atoms with van der Waals surface area (Å²) < 4.78 is 27.2. The van der Waals surface area contributed by atoms with Crippen molar-refractivity contribution in [2.75, 3.05) is 33.8 Å². The maximum atomic E-state index is 12.6. The van der Waals surface area contributed by atoms with Crippen molar-refractivity contribution in [3.63, 3.8) is 0 Å². The lowest BCUT2D eigenvalue weighted by atomic mass is 10.0. The van der Waals surface area contributed by atoms with E-state index < -0.39 is 17.9 Å². The van der Waals surface area contributed by atoms with Crippen molar-refractivity contribution in [2.45, 2.75) is 18.9 Å². The first kappa shape index (κ1) is 25.4. The average molecular weight is 485 g/mol. The van der Waals surface area contributed by atoms with Crippen LogP contribution in [0.1, 0.15) is 12.8 Å². The molecule has 0 spiro atoms. The fraction of sp³-hybridized carbons (Fsp3) is 0.292. The van der Waals surface area contributed by atoms with Crippen molar-refractivity contribution in [1.29, 1.82) is 0 Å². The minimum absolute atomic E-state index is 0.00456. The second-order valence-electron chi connectivity index (χ2n) is 7.50. The van der Waals surface area contributed by atoms with Gasteiger partial charge in [-0.25, -0.2) is 0 Å². The zero-order chi connectivity index (χ0) is 25.5. The molecule has 0 aliphatic carbocycles. The number of nitrogens with one attached hydrogen (secondary N) is 1. The molecule has 0 aliphatic heterocycles. The van der Waals surface area contributed by atoms with Gasteiger partial charge < -0.3 is 40.3 Å². The molecule has 3 aromatic rings. The Labute approximate surface area is 202 Å². The summed E-state index contributed by atoms with van der Waals surface area (Å²) in [4.78, 5) is 23.6. The summed E-state index contributed by atoms with van der Waals surface area (Å²) in [6.45, 7) is 0. The van der Waals surface area contributed by atoms with Crippen LogP contribution < -0.4 is 35.7 Å². The molecule has 1 aromatic heterocycles. The fourth-order valence-corrected chi connectivity index (χ4v) is 3.49. The quantitative estimate of drug-likeness (QED) is 0.371. The predicted octanol–water partition coefficient (Wildman–Crippen LogP) is 2.57. The van der Waals surface area contributed by atoms with Crippen LogP contribution in [0.3, 0.4) is 0 Å². The molecule has 11 heteroatoms. The standard InChI is InChI=1S/C24H28N4O7/c1-31-18-7-5-13(9-17(18)28-24(30)16(25)6-8-21(26)29)15-12-27-35-22(15)14-10-19(32-2)23(34-4)20(11-14)33-3/h5,7,9-12,16H,6,8,25H2,1-4H3,(H2,26,29)(H,28,30). The van der Waals surface area contributed by atoms with Gasteiger partial charge in [0.15, 0.2) is 17.3 Å². The highest BCUT2D eigenvalue weighted by Gasteiger charge is 2.21. The number of anilines is 1. The second kappa shape index (κ2) is 11.3. The molecule has 2 aromatic carbocycles. The number of ether oxygens (including phenoxy) is 4. The zero-order valence-electron chi connectivity index (χ0n) is 19.9. The molecule has 3 rings (SSSR count). The molecular weight excluding hydrogens is 456 g/mol. The zero-order valence-corrected chi connectivity index (χ0v) is 19.9. The van der Waals surface area contributed by atoms with Crippen LogP contribution in [0.4, 0.5) is 5.69 Å². The number of hydrogen-bond acceptors (Lipinski definition) is 9. The number of carbonyl (C=O) groups excluding carboxylic acids is 2. The largest absolute Gasteiger partial charge is 0.495 e. The molecule has 1 unspecified atom stereocenters. The summed E-state index contributed by atoms with van der Waals surface area (Å²) in [7, 11) is 6.05. The number of rotatable bonds is 11. The molecule has 0 radical (unpaired) electrons. The Hall–Kier alpha value is -4.25. The number of carbonyl (C=O) groups is 2. The molecule has 11 nitrogen and oxygen atoms in total. The summed E-state index contributed by atoms with van der Waals surface area (Å²) in [6, 6.07) is 7.79. The van der Waals surface area contributed by atoms with E-state index in [0.717, 1.165) is 0 Å². The summed E-state index contributed by atoms with van der Waals surface area (Å²) in [5, 5.41) is 6.71. The average Bonchev–Trinajstić information content (AvgIpc) is 3.36. The van der Waals surface area contributed by atoms with Crippen LogP contribution >= 0.6 is 0 Å². The van der Waals surface area contributed by atoms with Crippen molar-refractivity contribution in [3.8, 4) is 45.4 Å². The third-order valence-electron chi connectivity index (χ3n) is 5.30. The minimum atomic E-state index is -0.916. The number of methoxy groups -OCH3 is 4. The molecule has 0 aliphatic rings. The Morgan fingerprint density at radius 3 is 2.20 bits per heavy atom. The fourth-order valence-electron chi connectivity index (χ4n) is 3.49. The lowest BCUT2D eigenvalue weighted by molar-refractivity contribution is -0.119. The Kier molecular flexibility index (Phi) is 8.16. The molecule has 5 N–H and O–H groups in total. The van der Waals surface area contributed by atoms with E-state index in [9.17, 15) is 9.59 Å². The number of amides is 2. The number of nitrogens with zero attached hydrogens (tertiary/aromatic N) is 1. The molecule has 0 saturated carbocycles. The molecule has 186 valence electrons. The Bertz CT molecular complexity index is 1180. The number of aromatic nitrogens is 1. The van der Waals surface area contributed by atoms with Crippen LogP contribution in [0.15, 0.2) is 41.1 Å². The van der Waals surface area contributed by atoms with E-state index in [2.05, 4.69) is 10.5 Å². The van der Waals surface area contributed by atoms with Gasteiger partial charge in [0.25, 0.3) is 0 Å². The topological polar surface area (TPSA) is 161 Å². The van der Waals surface area contributed by atoms with Crippen LogP contribution in [0.5, 0.6) is 23.0 Å². The van der Waals surface area contributed by atoms with Gasteiger partial charge in [-0.3, -0.25) is 9.59 Å². The van der Waals surface area contributed by atoms with E-state index in [1.54, 1.807) is 36.5 Å². The van der Waals surface area contributed by atoms with Crippen LogP contribution in [0.25, 0.3) is 22.5 Å². The lowest BCUT2D eigenvalue weighted by Crippen LogP contribution is -2.36. The van der Waals surface area contributed by atoms with Crippen molar-refractivity contribution >= 4 is 17.5 Å². The van der Waals surface area contributed by atoms with Crippen LogP contribution in [0, 0.1) is 0 Å². The smallest absolute Gasteiger partial charge is 0.241 e. The molecular formula is C24H28N4O7. The maximum absolute atomic E-state index is 12.6. The molecule has 0 saturated heterocycles. The summed E-state index contributed by atoms with van der Waals surface area (Å²) in [5.41, 5.74) is 13.4. The van der Waals surface area contributed by atoms with Crippen molar-refractivity contribution < 1.29 is 33.1 Å². The summed E-state index contributed by atoms with van der Waals surface area (Å²) in [5.74, 6) is 1.23. The molecule has 0 fully saturated rings. The van der Waals surface area contributed by atoms with Gasteiger partial charge >= 0.3 is 0 Å². The first-order chi connectivity index (χ1) is 16.8.